The molecule has 1 saturated heterocycles. The molecule has 1 aliphatic heterocycles. The molecule has 7 rings (SSSR count). The Balaban J connectivity index is 1.13. The van der Waals surface area contributed by atoms with Crippen LogP contribution in [0.15, 0.2) is 79.4 Å². The van der Waals surface area contributed by atoms with Gasteiger partial charge in [0.25, 0.3) is 0 Å². The average Bonchev–Trinajstić information content (AvgIpc) is 3.48. The summed E-state index contributed by atoms with van der Waals surface area (Å²) in [5.74, 6) is 1.73. The molecule has 1 aliphatic rings. The van der Waals surface area contributed by atoms with Crippen molar-refractivity contribution in [3.05, 3.63) is 90.8 Å². The molecule has 0 unspecified atom stereocenters. The minimum absolute atomic E-state index is 0.154. The largest absolute Gasteiger partial charge is 0.401 e. The number of alkyl halides is 2. The highest BCUT2D eigenvalue weighted by Crippen LogP contribution is 2.32. The lowest BCUT2D eigenvalue weighted by molar-refractivity contribution is -0.0560. The van der Waals surface area contributed by atoms with E-state index in [0.717, 1.165) is 43.7 Å². The molecule has 13 nitrogen and oxygen atoms in total. The summed E-state index contributed by atoms with van der Waals surface area (Å²) in [6.45, 7) is -0.398. The number of halogens is 2. The molecule has 0 aliphatic carbocycles. The number of nitrogen functional groups attached to an aromatic ring is 1. The Morgan fingerprint density at radius 2 is 1.73 bits per heavy atom. The minimum atomic E-state index is -3.02. The third kappa shape index (κ3) is 6.55. The van der Waals surface area contributed by atoms with Gasteiger partial charge in [0.1, 0.15) is 23.2 Å². The van der Waals surface area contributed by atoms with Gasteiger partial charge in [-0.1, -0.05) is 12.1 Å². The summed E-state index contributed by atoms with van der Waals surface area (Å²) in [6.07, 6.45) is 7.87. The van der Waals surface area contributed by atoms with Crippen molar-refractivity contribution in [1.29, 1.82) is 5.26 Å². The van der Waals surface area contributed by atoms with E-state index in [2.05, 4.69) is 52.0 Å². The third-order valence-corrected chi connectivity index (χ3v) is 8.00. The summed E-state index contributed by atoms with van der Waals surface area (Å²) in [6, 6.07) is 19.1. The van der Waals surface area contributed by atoms with Gasteiger partial charge in [-0.3, -0.25) is 9.47 Å². The zero-order chi connectivity index (χ0) is 33.0. The highest BCUT2D eigenvalue weighted by molar-refractivity contribution is 5.84. The summed E-state index contributed by atoms with van der Waals surface area (Å²) in [4.78, 5) is 32.4. The number of anilines is 2. The smallest absolute Gasteiger partial charge is 0.389 e. The van der Waals surface area contributed by atoms with E-state index in [4.69, 9.17) is 21.0 Å². The lowest BCUT2D eigenvalue weighted by atomic mass is 10.0. The van der Waals surface area contributed by atoms with Crippen molar-refractivity contribution in [2.75, 3.05) is 24.1 Å². The van der Waals surface area contributed by atoms with Crippen molar-refractivity contribution in [1.82, 2.24) is 44.4 Å². The van der Waals surface area contributed by atoms with E-state index < -0.39 is 12.6 Å². The highest BCUT2D eigenvalue weighted by Gasteiger charge is 2.21. The van der Waals surface area contributed by atoms with Gasteiger partial charge in [0.2, 0.25) is 5.82 Å². The number of nitrogens with two attached hydrogens (primary N) is 1. The maximum absolute atomic E-state index is 12.6. The number of pyridine rings is 2. The molecule has 6 aromatic rings. The van der Waals surface area contributed by atoms with Crippen molar-refractivity contribution in [2.45, 2.75) is 32.0 Å². The van der Waals surface area contributed by atoms with Crippen LogP contribution in [0.1, 0.15) is 24.2 Å². The second kappa shape index (κ2) is 13.3. The topological polar surface area (TPSA) is 169 Å². The number of ether oxygens (including phenoxy) is 1. The first kappa shape index (κ1) is 30.5. The number of benzene rings is 1. The first-order chi connectivity index (χ1) is 23.4. The van der Waals surface area contributed by atoms with Crippen LogP contribution in [0.3, 0.4) is 0 Å². The molecule has 5 aromatic heterocycles. The Labute approximate surface area is 273 Å². The number of aromatic nitrogens is 8. The van der Waals surface area contributed by atoms with Gasteiger partial charge < -0.3 is 15.8 Å². The number of nitrogens with one attached hydrogen (secondary N) is 1. The number of imidazole rings is 1. The van der Waals surface area contributed by atoms with Crippen LogP contribution in [0.4, 0.5) is 20.4 Å². The Morgan fingerprint density at radius 3 is 2.46 bits per heavy atom. The zero-order valence-corrected chi connectivity index (χ0v) is 25.4. The molecular formula is C33H28F2N12O. The van der Waals surface area contributed by atoms with E-state index in [0.29, 0.717) is 45.4 Å². The standard InChI is InChI=1S/C33H28F2N12O/c34-32(35)48-33-40-17-21(18-41-33)25-7-8-26-31(43-25)47(30(44-26)24-2-1-12-39-29(24)37)23-5-3-20(4-6-23)19-46-14-10-22(11-15-46)42-27-9-13-38-28(16-36)45-27/h1-9,12-13,17-18,22,32H,10-11,14-15,19H2,(H2,37,39)(H,38,42,45). The molecule has 0 bridgehead atoms. The number of rotatable bonds is 9. The van der Waals surface area contributed by atoms with Crippen LogP contribution in [0, 0.1) is 11.3 Å². The number of piperidine rings is 1. The van der Waals surface area contributed by atoms with Crippen LogP contribution in [0.25, 0.3) is 39.5 Å². The van der Waals surface area contributed by atoms with Gasteiger partial charge >= 0.3 is 12.6 Å². The molecule has 0 saturated carbocycles. The lowest BCUT2D eigenvalue weighted by Crippen LogP contribution is -2.38. The van der Waals surface area contributed by atoms with Crippen molar-refractivity contribution in [3.8, 4) is 40.4 Å². The minimum Gasteiger partial charge on any atom is -0.401 e. The Morgan fingerprint density at radius 1 is 0.938 bits per heavy atom. The second-order valence-electron chi connectivity index (χ2n) is 11.1. The molecule has 0 spiro atoms. The highest BCUT2D eigenvalue weighted by atomic mass is 19.3. The van der Waals surface area contributed by atoms with Gasteiger partial charge in [0.15, 0.2) is 11.5 Å². The van der Waals surface area contributed by atoms with Crippen LogP contribution in [-0.2, 0) is 6.54 Å². The Bertz CT molecular complexity index is 2090. The molecule has 6 heterocycles. The van der Waals surface area contributed by atoms with Crippen LogP contribution >= 0.6 is 0 Å². The molecule has 3 N–H and O–H groups in total. The normalized spacial score (nSPS) is 13.9. The fourth-order valence-electron chi connectivity index (χ4n) is 5.69. The molecular weight excluding hydrogens is 618 g/mol. The maximum atomic E-state index is 12.6. The second-order valence-corrected chi connectivity index (χ2v) is 11.1. The molecule has 48 heavy (non-hydrogen) atoms. The summed E-state index contributed by atoms with van der Waals surface area (Å²) >= 11 is 0. The maximum Gasteiger partial charge on any atom is 0.389 e. The monoisotopic (exact) mass is 646 g/mol. The first-order valence-electron chi connectivity index (χ1n) is 15.1. The van der Waals surface area contributed by atoms with Crippen LogP contribution < -0.4 is 15.8 Å². The van der Waals surface area contributed by atoms with Gasteiger partial charge in [-0.15, -0.1) is 0 Å². The van der Waals surface area contributed by atoms with Gasteiger partial charge in [-0.05, 0) is 60.9 Å². The Kier molecular flexibility index (Phi) is 8.46. The predicted octanol–water partition coefficient (Wildman–Crippen LogP) is 4.86. The predicted molar refractivity (Wildman–Crippen MR) is 173 cm³/mol. The van der Waals surface area contributed by atoms with E-state index in [1.807, 2.05) is 34.9 Å². The third-order valence-electron chi connectivity index (χ3n) is 8.00. The fraction of sp³-hybridized carbons (Fsp3) is 0.212. The van der Waals surface area contributed by atoms with E-state index >= 15 is 0 Å². The summed E-state index contributed by atoms with van der Waals surface area (Å²) in [5.41, 5.74) is 11.2. The summed E-state index contributed by atoms with van der Waals surface area (Å²) in [7, 11) is 0. The number of hydrogen-bond acceptors (Lipinski definition) is 12. The first-order valence-corrected chi connectivity index (χ1v) is 15.1. The van der Waals surface area contributed by atoms with Gasteiger partial charge in [-0.25, -0.2) is 34.9 Å². The lowest BCUT2D eigenvalue weighted by Gasteiger charge is -2.32. The zero-order valence-electron chi connectivity index (χ0n) is 25.4. The number of nitriles is 1. The van der Waals surface area contributed by atoms with Crippen LogP contribution in [0.5, 0.6) is 6.01 Å². The van der Waals surface area contributed by atoms with Crippen molar-refractivity contribution >= 4 is 22.8 Å². The van der Waals surface area contributed by atoms with E-state index in [9.17, 15) is 8.78 Å². The molecule has 15 heteroatoms. The van der Waals surface area contributed by atoms with Crippen LogP contribution in [0.2, 0.25) is 0 Å². The molecule has 1 fully saturated rings. The summed E-state index contributed by atoms with van der Waals surface area (Å²) < 4.78 is 31.4. The van der Waals surface area contributed by atoms with E-state index in [1.165, 1.54) is 12.4 Å². The summed E-state index contributed by atoms with van der Waals surface area (Å²) in [5, 5.41) is 12.5. The molecule has 0 amide bonds. The van der Waals surface area contributed by atoms with Crippen molar-refractivity contribution in [2.24, 2.45) is 0 Å². The van der Waals surface area contributed by atoms with Gasteiger partial charge in [-0.2, -0.15) is 14.0 Å². The van der Waals surface area contributed by atoms with Crippen LogP contribution in [-0.4, -0.2) is 70.1 Å². The van der Waals surface area contributed by atoms with E-state index in [-0.39, 0.29) is 11.9 Å². The average molecular weight is 647 g/mol. The Hall–Kier alpha value is -6.14. The van der Waals surface area contributed by atoms with Gasteiger partial charge in [0.05, 0.1) is 11.3 Å². The van der Waals surface area contributed by atoms with Gasteiger partial charge in [0, 0.05) is 61.7 Å². The quantitative estimate of drug-likeness (QED) is 0.219. The number of nitrogens with zero attached hydrogens (tertiary/aromatic N) is 10. The van der Waals surface area contributed by atoms with Crippen molar-refractivity contribution in [3.63, 3.8) is 0 Å². The SMILES string of the molecule is N#Cc1nccc(NC2CCN(Cc3ccc(-n4c(-c5cccnc5N)nc5ccc(-c6cnc(OC(F)F)nc6)nc54)cc3)CC2)n1. The number of likely N-dealkylation sites (tertiary alicyclic amines) is 1. The molecule has 0 radical (unpaired) electrons. The van der Waals surface area contributed by atoms with Crippen molar-refractivity contribution < 1.29 is 13.5 Å². The number of fused-ring (bicyclic) bond motifs is 1. The number of hydrogen-bond donors (Lipinski definition) is 2. The molecule has 240 valence electrons. The van der Waals surface area contributed by atoms with E-state index in [1.54, 1.807) is 30.6 Å². The molecule has 1 aromatic carbocycles. The molecule has 0 atom stereocenters. The fourth-order valence-corrected chi connectivity index (χ4v) is 5.69.